The number of halogens is 1. The average molecular weight is 428 g/mol. The van der Waals surface area contributed by atoms with Gasteiger partial charge in [0.05, 0.1) is 17.2 Å². The molecule has 0 atom stereocenters. The third-order valence-corrected chi connectivity index (χ3v) is 5.79. The first-order valence-electron chi connectivity index (χ1n) is 9.22. The van der Waals surface area contributed by atoms with E-state index in [-0.39, 0.29) is 10.6 Å². The highest BCUT2D eigenvalue weighted by molar-refractivity contribution is 7.92. The van der Waals surface area contributed by atoms with E-state index in [1.807, 2.05) is 6.92 Å². The van der Waals surface area contributed by atoms with Gasteiger partial charge in [0.2, 0.25) is 0 Å². The monoisotopic (exact) mass is 428 g/mol. The molecule has 0 aliphatic rings. The molecule has 0 saturated heterocycles. The lowest BCUT2D eigenvalue weighted by Gasteiger charge is -2.13. The van der Waals surface area contributed by atoms with E-state index in [2.05, 4.69) is 10.0 Å². The van der Waals surface area contributed by atoms with Gasteiger partial charge in [-0.05, 0) is 67.9 Å². The number of aryl methyl sites for hydroxylation is 1. The molecular formula is C22H21FN2O4S. The lowest BCUT2D eigenvalue weighted by molar-refractivity contribution is 0.102. The zero-order chi connectivity index (χ0) is 21.7. The van der Waals surface area contributed by atoms with Crippen LogP contribution in [0.15, 0.2) is 71.6 Å². The number of rotatable bonds is 7. The summed E-state index contributed by atoms with van der Waals surface area (Å²) >= 11 is 0. The Bertz CT molecular complexity index is 1160. The highest BCUT2D eigenvalue weighted by Crippen LogP contribution is 2.24. The summed E-state index contributed by atoms with van der Waals surface area (Å²) in [6.07, 6.45) is 0. The molecular weight excluding hydrogens is 407 g/mol. The van der Waals surface area contributed by atoms with Crippen LogP contribution in [0.25, 0.3) is 0 Å². The van der Waals surface area contributed by atoms with Crippen LogP contribution in [0.5, 0.6) is 5.75 Å². The number of nitrogens with one attached hydrogen (secondary N) is 2. The van der Waals surface area contributed by atoms with E-state index < -0.39 is 21.7 Å². The molecule has 3 aromatic carbocycles. The first kappa shape index (κ1) is 21.3. The van der Waals surface area contributed by atoms with Gasteiger partial charge in [-0.3, -0.25) is 9.52 Å². The van der Waals surface area contributed by atoms with Crippen molar-refractivity contribution in [2.24, 2.45) is 0 Å². The van der Waals surface area contributed by atoms with Crippen molar-refractivity contribution in [2.75, 3.05) is 16.6 Å². The maximum absolute atomic E-state index is 13.9. The predicted octanol–water partition coefficient (Wildman–Crippen LogP) is 4.59. The van der Waals surface area contributed by atoms with Crippen molar-refractivity contribution >= 4 is 27.3 Å². The molecule has 3 rings (SSSR count). The number of ether oxygens (including phenoxy) is 1. The highest BCUT2D eigenvalue weighted by atomic mass is 32.2. The summed E-state index contributed by atoms with van der Waals surface area (Å²) in [4.78, 5) is 12.4. The molecule has 8 heteroatoms. The average Bonchev–Trinajstić information content (AvgIpc) is 2.71. The number of sulfonamides is 1. The van der Waals surface area contributed by atoms with Crippen LogP contribution in [0.3, 0.4) is 0 Å². The Morgan fingerprint density at radius 2 is 1.73 bits per heavy atom. The molecule has 0 aliphatic carbocycles. The Labute approximate surface area is 174 Å². The summed E-state index contributed by atoms with van der Waals surface area (Å²) in [5.74, 6) is -0.428. The summed E-state index contributed by atoms with van der Waals surface area (Å²) in [7, 11) is -4.06. The van der Waals surface area contributed by atoms with Crippen LogP contribution in [-0.4, -0.2) is 20.9 Å². The zero-order valence-electron chi connectivity index (χ0n) is 16.5. The minimum atomic E-state index is -4.06. The van der Waals surface area contributed by atoms with Gasteiger partial charge < -0.3 is 10.1 Å². The normalized spacial score (nSPS) is 11.0. The van der Waals surface area contributed by atoms with Gasteiger partial charge >= 0.3 is 0 Å². The van der Waals surface area contributed by atoms with Gasteiger partial charge in [-0.25, -0.2) is 12.8 Å². The van der Waals surface area contributed by atoms with Crippen molar-refractivity contribution in [2.45, 2.75) is 18.7 Å². The molecule has 3 aromatic rings. The zero-order valence-corrected chi connectivity index (χ0v) is 17.3. The second-order valence-corrected chi connectivity index (χ2v) is 8.13. The third kappa shape index (κ3) is 4.96. The Morgan fingerprint density at radius 3 is 2.40 bits per heavy atom. The first-order valence-corrected chi connectivity index (χ1v) is 10.7. The third-order valence-electron chi connectivity index (χ3n) is 4.28. The van der Waals surface area contributed by atoms with Gasteiger partial charge in [0.25, 0.3) is 15.9 Å². The number of carbonyl (C=O) groups excluding carboxylic acids is 1. The van der Waals surface area contributed by atoms with Crippen molar-refractivity contribution in [3.63, 3.8) is 0 Å². The van der Waals surface area contributed by atoms with E-state index in [1.54, 1.807) is 43.3 Å². The summed E-state index contributed by atoms with van der Waals surface area (Å²) < 4.78 is 47.0. The molecule has 6 nitrogen and oxygen atoms in total. The number of benzene rings is 3. The minimum absolute atomic E-state index is 0.0600. The Hall–Kier alpha value is -3.39. The molecule has 1 amide bonds. The number of anilines is 2. The standard InChI is InChI=1S/C22H21FN2O4S/c1-3-29-18-12-9-16(10-13-18)22(26)24-17-11-8-15(2)21(14-17)30(27,28)25-20-7-5-4-6-19(20)23/h4-14,25H,3H2,1-2H3,(H,24,26). The van der Waals surface area contributed by atoms with Gasteiger partial charge in [-0.2, -0.15) is 0 Å². The fourth-order valence-electron chi connectivity index (χ4n) is 2.78. The molecule has 0 aromatic heterocycles. The fourth-order valence-corrected chi connectivity index (χ4v) is 4.12. The molecule has 0 aliphatic heterocycles. The lowest BCUT2D eigenvalue weighted by Crippen LogP contribution is -2.17. The van der Waals surface area contributed by atoms with Gasteiger partial charge in [-0.15, -0.1) is 0 Å². The predicted molar refractivity (Wildman–Crippen MR) is 114 cm³/mol. The number of carbonyl (C=O) groups is 1. The summed E-state index contributed by atoms with van der Waals surface area (Å²) in [5.41, 5.74) is 1.000. The van der Waals surface area contributed by atoms with Crippen LogP contribution in [0.2, 0.25) is 0 Å². The van der Waals surface area contributed by atoms with Crippen molar-refractivity contribution < 1.29 is 22.3 Å². The molecule has 0 radical (unpaired) electrons. The van der Waals surface area contributed by atoms with Crippen molar-refractivity contribution in [3.8, 4) is 5.75 Å². The van der Waals surface area contributed by atoms with E-state index >= 15 is 0 Å². The van der Waals surface area contributed by atoms with Crippen molar-refractivity contribution in [3.05, 3.63) is 83.7 Å². The van der Waals surface area contributed by atoms with Gasteiger partial charge in [0.1, 0.15) is 11.6 Å². The van der Waals surface area contributed by atoms with Crippen LogP contribution in [0, 0.1) is 12.7 Å². The van der Waals surface area contributed by atoms with Crippen LogP contribution < -0.4 is 14.8 Å². The van der Waals surface area contributed by atoms with Crippen LogP contribution in [0.4, 0.5) is 15.8 Å². The number of hydrogen-bond acceptors (Lipinski definition) is 4. The van der Waals surface area contributed by atoms with Gasteiger partial charge in [0, 0.05) is 11.3 Å². The van der Waals surface area contributed by atoms with E-state index in [1.165, 1.54) is 24.3 Å². The number of hydrogen-bond donors (Lipinski definition) is 2. The molecule has 0 bridgehead atoms. The maximum Gasteiger partial charge on any atom is 0.262 e. The largest absolute Gasteiger partial charge is 0.494 e. The number of amides is 1. The van der Waals surface area contributed by atoms with E-state index in [4.69, 9.17) is 4.74 Å². The summed E-state index contributed by atoms with van der Waals surface area (Å²) in [5, 5.41) is 2.68. The topological polar surface area (TPSA) is 84.5 Å². The molecule has 30 heavy (non-hydrogen) atoms. The Morgan fingerprint density at radius 1 is 1.03 bits per heavy atom. The Kier molecular flexibility index (Phi) is 6.37. The molecule has 0 unspecified atom stereocenters. The van der Waals surface area contributed by atoms with Crippen LogP contribution >= 0.6 is 0 Å². The van der Waals surface area contributed by atoms with Crippen molar-refractivity contribution in [1.29, 1.82) is 0 Å². The van der Waals surface area contributed by atoms with Gasteiger partial charge in [-0.1, -0.05) is 18.2 Å². The molecule has 0 fully saturated rings. The summed E-state index contributed by atoms with van der Waals surface area (Å²) in [6.45, 7) is 4.01. The molecule has 0 heterocycles. The first-order chi connectivity index (χ1) is 14.3. The second-order valence-electron chi connectivity index (χ2n) is 6.48. The quantitative estimate of drug-likeness (QED) is 0.577. The number of para-hydroxylation sites is 1. The fraction of sp³-hybridized carbons (Fsp3) is 0.136. The van der Waals surface area contributed by atoms with E-state index in [0.717, 1.165) is 6.07 Å². The van der Waals surface area contributed by atoms with E-state index in [0.29, 0.717) is 29.2 Å². The van der Waals surface area contributed by atoms with E-state index in [9.17, 15) is 17.6 Å². The maximum atomic E-state index is 13.9. The van der Waals surface area contributed by atoms with Gasteiger partial charge in [0.15, 0.2) is 0 Å². The van der Waals surface area contributed by atoms with Crippen molar-refractivity contribution in [1.82, 2.24) is 0 Å². The Balaban J connectivity index is 1.82. The summed E-state index contributed by atoms with van der Waals surface area (Å²) in [6, 6.07) is 16.6. The minimum Gasteiger partial charge on any atom is -0.494 e. The molecule has 0 saturated carbocycles. The second kappa shape index (κ2) is 8.96. The highest BCUT2D eigenvalue weighted by Gasteiger charge is 2.20. The molecule has 156 valence electrons. The molecule has 0 spiro atoms. The van der Waals surface area contributed by atoms with Crippen LogP contribution in [0.1, 0.15) is 22.8 Å². The molecule has 2 N–H and O–H groups in total. The smallest absolute Gasteiger partial charge is 0.262 e. The lowest BCUT2D eigenvalue weighted by atomic mass is 10.2. The van der Waals surface area contributed by atoms with Crippen LogP contribution in [-0.2, 0) is 10.0 Å². The SMILES string of the molecule is CCOc1ccc(C(=O)Nc2ccc(C)c(S(=O)(=O)Nc3ccccc3F)c2)cc1.